The maximum atomic E-state index is 14.6. The molecule has 4 rings (SSSR count). The molecular weight excluding hydrogens is 449 g/mol. The third-order valence-electron chi connectivity index (χ3n) is 4.00. The van der Waals surface area contributed by atoms with Crippen LogP contribution in [0.3, 0.4) is 0 Å². The highest BCUT2D eigenvalue weighted by atomic mass is 79.9. The number of anilines is 1. The molecule has 0 aliphatic heterocycles. The molecule has 0 radical (unpaired) electrons. The van der Waals surface area contributed by atoms with E-state index in [1.54, 1.807) is 29.8 Å². The Kier molecular flexibility index (Phi) is 4.97. The van der Waals surface area contributed by atoms with Crippen LogP contribution < -0.4 is 10.9 Å². The molecule has 1 atom stereocenters. The number of rotatable bonds is 4. The fourth-order valence-electron chi connectivity index (χ4n) is 2.74. The molecule has 140 valence electrons. The summed E-state index contributed by atoms with van der Waals surface area (Å²) < 4.78 is 15.8. The van der Waals surface area contributed by atoms with Crippen molar-refractivity contribution < 1.29 is 9.18 Å². The molecule has 7 nitrogen and oxygen atoms in total. The van der Waals surface area contributed by atoms with Gasteiger partial charge in [-0.05, 0) is 40.2 Å². The molecule has 0 fully saturated rings. The van der Waals surface area contributed by atoms with E-state index in [0.717, 1.165) is 4.57 Å². The van der Waals surface area contributed by atoms with E-state index in [1.807, 2.05) is 0 Å². The van der Waals surface area contributed by atoms with Gasteiger partial charge in [0.15, 0.2) is 17.0 Å². The Morgan fingerprint density at radius 2 is 2.04 bits per heavy atom. The molecule has 1 amide bonds. The first-order chi connectivity index (χ1) is 13.6. The van der Waals surface area contributed by atoms with Crippen LogP contribution in [0, 0.1) is 5.82 Å². The zero-order valence-electron chi connectivity index (χ0n) is 14.0. The predicted octanol–water partition coefficient (Wildman–Crippen LogP) is 3.38. The van der Waals surface area contributed by atoms with Crippen molar-refractivity contribution in [3.8, 4) is 0 Å². The number of carbonyl (C=O) groups is 1. The molecule has 0 spiro atoms. The molecule has 1 unspecified atom stereocenters. The third kappa shape index (κ3) is 3.32. The van der Waals surface area contributed by atoms with Crippen molar-refractivity contribution in [3.63, 3.8) is 0 Å². The lowest BCUT2D eigenvalue weighted by atomic mass is 10.1. The molecule has 0 aliphatic carbocycles. The minimum Gasteiger partial charge on any atom is -0.300 e. The standard InChI is InChI=1S/C18H11BrFN5O2S/c19-10-4-5-11-13(14(10)20)17(27)25(9-23-11)15(12-3-1-2-6-21-12)16(26)24-18-22-7-8-28-18/h1-9,15H,(H,22,24,26). The lowest BCUT2D eigenvalue weighted by molar-refractivity contribution is -0.118. The maximum Gasteiger partial charge on any atom is 0.265 e. The van der Waals surface area contributed by atoms with E-state index in [0.29, 0.717) is 10.8 Å². The van der Waals surface area contributed by atoms with E-state index in [1.165, 1.54) is 36.0 Å². The van der Waals surface area contributed by atoms with E-state index in [9.17, 15) is 14.0 Å². The summed E-state index contributed by atoms with van der Waals surface area (Å²) in [6, 6.07) is 6.85. The van der Waals surface area contributed by atoms with Gasteiger partial charge in [-0.1, -0.05) is 6.07 Å². The number of halogens is 2. The fourth-order valence-corrected chi connectivity index (χ4v) is 3.60. The molecule has 10 heteroatoms. The Hall–Kier alpha value is -2.98. The number of aromatic nitrogens is 4. The van der Waals surface area contributed by atoms with E-state index in [4.69, 9.17) is 0 Å². The summed E-state index contributed by atoms with van der Waals surface area (Å²) in [5.41, 5.74) is -0.175. The highest BCUT2D eigenvalue weighted by Gasteiger charge is 2.27. The number of hydrogen-bond acceptors (Lipinski definition) is 6. The molecule has 1 N–H and O–H groups in total. The number of nitrogens with one attached hydrogen (secondary N) is 1. The van der Waals surface area contributed by atoms with Gasteiger partial charge in [-0.15, -0.1) is 11.3 Å². The first-order valence-electron chi connectivity index (χ1n) is 8.02. The van der Waals surface area contributed by atoms with Gasteiger partial charge in [0.05, 0.1) is 22.0 Å². The summed E-state index contributed by atoms with van der Waals surface area (Å²) in [5, 5.41) is 4.54. The number of carbonyl (C=O) groups excluding carboxylic acids is 1. The zero-order chi connectivity index (χ0) is 19.7. The first kappa shape index (κ1) is 18.4. The van der Waals surface area contributed by atoms with Gasteiger partial charge >= 0.3 is 0 Å². The third-order valence-corrected chi connectivity index (χ3v) is 5.30. The molecule has 0 saturated carbocycles. The summed E-state index contributed by atoms with van der Waals surface area (Å²) in [6.45, 7) is 0. The van der Waals surface area contributed by atoms with Gasteiger partial charge in [0.2, 0.25) is 0 Å². The second-order valence-electron chi connectivity index (χ2n) is 5.70. The Morgan fingerprint density at radius 1 is 1.18 bits per heavy atom. The van der Waals surface area contributed by atoms with Gasteiger partial charge in [-0.25, -0.2) is 14.4 Å². The molecular formula is C18H11BrFN5O2S. The van der Waals surface area contributed by atoms with Crippen molar-refractivity contribution in [1.82, 2.24) is 19.5 Å². The second kappa shape index (κ2) is 7.56. The monoisotopic (exact) mass is 459 g/mol. The molecule has 1 aromatic carbocycles. The van der Waals surface area contributed by atoms with Crippen LogP contribution in [0.2, 0.25) is 0 Å². The quantitative estimate of drug-likeness (QED) is 0.505. The maximum absolute atomic E-state index is 14.6. The topological polar surface area (TPSA) is 89.8 Å². The molecule has 4 aromatic rings. The summed E-state index contributed by atoms with van der Waals surface area (Å²) in [4.78, 5) is 38.4. The van der Waals surface area contributed by atoms with Crippen LogP contribution in [0.15, 0.2) is 63.7 Å². The molecule has 0 bridgehead atoms. The van der Waals surface area contributed by atoms with Gasteiger partial charge in [-0.2, -0.15) is 0 Å². The minimum absolute atomic E-state index is 0.137. The van der Waals surface area contributed by atoms with Crippen LogP contribution in [-0.2, 0) is 4.79 Å². The normalized spacial score (nSPS) is 12.1. The van der Waals surface area contributed by atoms with Gasteiger partial charge in [0.1, 0.15) is 5.39 Å². The number of hydrogen-bond donors (Lipinski definition) is 1. The van der Waals surface area contributed by atoms with Crippen molar-refractivity contribution in [2.45, 2.75) is 6.04 Å². The molecule has 0 aliphatic rings. The van der Waals surface area contributed by atoms with Crippen LogP contribution in [0.25, 0.3) is 10.9 Å². The molecule has 28 heavy (non-hydrogen) atoms. The summed E-state index contributed by atoms with van der Waals surface area (Å²) in [5.74, 6) is -1.27. The number of amides is 1. The van der Waals surface area contributed by atoms with Crippen LogP contribution in [0.1, 0.15) is 11.7 Å². The number of nitrogens with zero attached hydrogens (tertiary/aromatic N) is 4. The second-order valence-corrected chi connectivity index (χ2v) is 7.45. The Morgan fingerprint density at radius 3 is 2.75 bits per heavy atom. The van der Waals surface area contributed by atoms with Crippen LogP contribution in [0.4, 0.5) is 9.52 Å². The van der Waals surface area contributed by atoms with Crippen LogP contribution in [0.5, 0.6) is 0 Å². The van der Waals surface area contributed by atoms with Gasteiger partial charge in [0, 0.05) is 17.8 Å². The number of benzene rings is 1. The van der Waals surface area contributed by atoms with E-state index >= 15 is 0 Å². The average molecular weight is 460 g/mol. The molecule has 3 aromatic heterocycles. The van der Waals surface area contributed by atoms with E-state index in [-0.39, 0.29) is 15.4 Å². The van der Waals surface area contributed by atoms with Gasteiger partial charge < -0.3 is 0 Å². The van der Waals surface area contributed by atoms with Gasteiger partial charge in [-0.3, -0.25) is 24.5 Å². The smallest absolute Gasteiger partial charge is 0.265 e. The molecule has 3 heterocycles. The lowest BCUT2D eigenvalue weighted by Gasteiger charge is -2.18. The molecule has 0 saturated heterocycles. The van der Waals surface area contributed by atoms with Crippen LogP contribution >= 0.6 is 27.3 Å². The number of pyridine rings is 1. The largest absolute Gasteiger partial charge is 0.300 e. The average Bonchev–Trinajstić information content (AvgIpc) is 3.20. The predicted molar refractivity (Wildman–Crippen MR) is 107 cm³/mol. The van der Waals surface area contributed by atoms with Crippen molar-refractivity contribution in [2.24, 2.45) is 0 Å². The summed E-state index contributed by atoms with van der Waals surface area (Å²) >= 11 is 4.31. The van der Waals surface area contributed by atoms with Crippen molar-refractivity contribution >= 4 is 49.2 Å². The Bertz CT molecular complexity index is 1210. The van der Waals surface area contributed by atoms with E-state index < -0.39 is 23.3 Å². The lowest BCUT2D eigenvalue weighted by Crippen LogP contribution is -2.35. The highest BCUT2D eigenvalue weighted by Crippen LogP contribution is 2.23. The van der Waals surface area contributed by atoms with E-state index in [2.05, 4.69) is 36.2 Å². The van der Waals surface area contributed by atoms with Gasteiger partial charge in [0.25, 0.3) is 11.5 Å². The Balaban J connectivity index is 1.89. The summed E-state index contributed by atoms with van der Waals surface area (Å²) in [7, 11) is 0. The Labute approximate surface area is 170 Å². The SMILES string of the molecule is O=C(Nc1nccs1)C(c1ccccn1)n1cnc2ccc(Br)c(F)c2c1=O. The van der Waals surface area contributed by atoms with Crippen molar-refractivity contribution in [1.29, 1.82) is 0 Å². The highest BCUT2D eigenvalue weighted by molar-refractivity contribution is 9.10. The zero-order valence-corrected chi connectivity index (χ0v) is 16.4. The summed E-state index contributed by atoms with van der Waals surface area (Å²) in [6.07, 6.45) is 4.28. The number of fused-ring (bicyclic) bond motifs is 1. The number of thiazole rings is 1. The fraction of sp³-hybridized carbons (Fsp3) is 0.0556. The minimum atomic E-state index is -1.15. The van der Waals surface area contributed by atoms with Crippen LogP contribution in [-0.4, -0.2) is 25.4 Å². The van der Waals surface area contributed by atoms with Crippen molar-refractivity contribution in [2.75, 3.05) is 5.32 Å². The first-order valence-corrected chi connectivity index (χ1v) is 9.69. The van der Waals surface area contributed by atoms with Crippen molar-refractivity contribution in [3.05, 3.63) is 80.8 Å².